The number of rotatable bonds is 12. The number of ether oxygens (including phenoxy) is 3. The Morgan fingerprint density at radius 3 is 2.28 bits per heavy atom. The highest BCUT2D eigenvalue weighted by Gasteiger charge is 2.31. The zero-order valence-corrected chi connectivity index (χ0v) is 19.8. The predicted octanol–water partition coefficient (Wildman–Crippen LogP) is 3.36. The second kappa shape index (κ2) is 12.2. The van der Waals surface area contributed by atoms with Crippen molar-refractivity contribution < 1.29 is 37.3 Å². The summed E-state index contributed by atoms with van der Waals surface area (Å²) in [4.78, 5) is 17.2. The maximum atomic E-state index is 12.8. The third-order valence-corrected chi connectivity index (χ3v) is 4.88. The summed E-state index contributed by atoms with van der Waals surface area (Å²) in [5, 5.41) is 14.6. The van der Waals surface area contributed by atoms with Crippen LogP contribution in [0.15, 0.2) is 48.5 Å². The number of halogens is 3. The number of aliphatic hydroxyl groups excluding tert-OH is 1. The molecule has 0 fully saturated rings. The SMILES string of the molecule is CNc1nc(OCCOc2ccc(OC(F)(F)F)cc2)n(Cc2ccc(C)cc2)c1C(=O)NCCO. The summed E-state index contributed by atoms with van der Waals surface area (Å²) >= 11 is 0. The third kappa shape index (κ3) is 7.54. The molecule has 12 heteroatoms. The lowest BCUT2D eigenvalue weighted by atomic mass is 10.1. The lowest BCUT2D eigenvalue weighted by Gasteiger charge is -2.14. The number of imidazole rings is 1. The third-order valence-electron chi connectivity index (χ3n) is 4.88. The van der Waals surface area contributed by atoms with Crippen LogP contribution < -0.4 is 24.8 Å². The van der Waals surface area contributed by atoms with E-state index in [4.69, 9.17) is 14.6 Å². The number of carbonyl (C=O) groups is 1. The highest BCUT2D eigenvalue weighted by molar-refractivity contribution is 5.97. The molecular formula is C24H27F3N4O5. The quantitative estimate of drug-likeness (QED) is 0.322. The smallest absolute Gasteiger partial charge is 0.490 e. The first-order valence-corrected chi connectivity index (χ1v) is 11.0. The molecule has 1 heterocycles. The Labute approximate surface area is 205 Å². The first-order chi connectivity index (χ1) is 17.2. The van der Waals surface area contributed by atoms with Crippen molar-refractivity contribution in [3.63, 3.8) is 0 Å². The molecule has 0 aliphatic carbocycles. The van der Waals surface area contributed by atoms with Crippen molar-refractivity contribution in [3.8, 4) is 17.5 Å². The number of anilines is 1. The number of aromatic nitrogens is 2. The number of nitrogens with zero attached hydrogens (tertiary/aromatic N) is 2. The standard InChI is InChI=1S/C24H27F3N4O5/c1-16-3-5-17(6-4-16)15-31-20(22(33)29-11-12-32)21(28-2)30-23(31)35-14-13-34-18-7-9-19(10-8-18)36-24(25,26)27/h3-10,28,32H,11-15H2,1-2H3,(H,29,33). The van der Waals surface area contributed by atoms with Crippen LogP contribution in [-0.2, 0) is 6.54 Å². The van der Waals surface area contributed by atoms with E-state index < -0.39 is 12.3 Å². The number of carbonyl (C=O) groups excluding carboxylic acids is 1. The molecule has 2 aromatic carbocycles. The molecule has 0 unspecified atom stereocenters. The van der Waals surface area contributed by atoms with E-state index in [9.17, 15) is 18.0 Å². The first-order valence-electron chi connectivity index (χ1n) is 11.0. The number of nitrogens with one attached hydrogen (secondary N) is 2. The fourth-order valence-electron chi connectivity index (χ4n) is 3.25. The highest BCUT2D eigenvalue weighted by Crippen LogP contribution is 2.26. The summed E-state index contributed by atoms with van der Waals surface area (Å²) in [5.41, 5.74) is 2.25. The lowest BCUT2D eigenvalue weighted by molar-refractivity contribution is -0.274. The van der Waals surface area contributed by atoms with E-state index in [1.807, 2.05) is 31.2 Å². The number of amides is 1. The van der Waals surface area contributed by atoms with Gasteiger partial charge in [0.05, 0.1) is 13.2 Å². The monoisotopic (exact) mass is 508 g/mol. The second-order valence-corrected chi connectivity index (χ2v) is 7.61. The van der Waals surface area contributed by atoms with Crippen LogP contribution in [0.3, 0.4) is 0 Å². The van der Waals surface area contributed by atoms with Crippen molar-refractivity contribution in [2.75, 3.05) is 38.7 Å². The summed E-state index contributed by atoms with van der Waals surface area (Å²) in [5.74, 6) is -0.152. The molecule has 194 valence electrons. The van der Waals surface area contributed by atoms with Crippen LogP contribution in [0.1, 0.15) is 21.6 Å². The molecule has 0 saturated heterocycles. The number of aryl methyl sites for hydroxylation is 1. The van der Waals surface area contributed by atoms with E-state index in [1.54, 1.807) is 11.6 Å². The summed E-state index contributed by atoms with van der Waals surface area (Å²) in [6, 6.07) is 12.9. The minimum Gasteiger partial charge on any atom is -0.490 e. The fraction of sp³-hybridized carbons (Fsp3) is 0.333. The minimum atomic E-state index is -4.77. The van der Waals surface area contributed by atoms with E-state index >= 15 is 0 Å². The van der Waals surface area contributed by atoms with E-state index in [0.717, 1.165) is 23.3 Å². The molecule has 3 aromatic rings. The molecule has 1 aromatic heterocycles. The molecule has 0 atom stereocenters. The van der Waals surface area contributed by atoms with Crippen LogP contribution in [0.4, 0.5) is 19.0 Å². The number of alkyl halides is 3. The van der Waals surface area contributed by atoms with Crippen LogP contribution in [0.2, 0.25) is 0 Å². The molecule has 0 aliphatic heterocycles. The van der Waals surface area contributed by atoms with Gasteiger partial charge in [-0.25, -0.2) is 0 Å². The average molecular weight is 508 g/mol. The molecule has 1 amide bonds. The Morgan fingerprint density at radius 2 is 1.67 bits per heavy atom. The summed E-state index contributed by atoms with van der Waals surface area (Å²) in [7, 11) is 1.63. The second-order valence-electron chi connectivity index (χ2n) is 7.61. The predicted molar refractivity (Wildman–Crippen MR) is 126 cm³/mol. The topological polar surface area (TPSA) is 107 Å². The van der Waals surface area contributed by atoms with Gasteiger partial charge in [-0.2, -0.15) is 4.98 Å². The molecule has 36 heavy (non-hydrogen) atoms. The summed E-state index contributed by atoms with van der Waals surface area (Å²) in [6.45, 7) is 2.25. The van der Waals surface area contributed by atoms with Crippen LogP contribution in [0, 0.1) is 6.92 Å². The van der Waals surface area contributed by atoms with E-state index in [0.29, 0.717) is 18.1 Å². The van der Waals surface area contributed by atoms with Crippen molar-refractivity contribution >= 4 is 11.7 Å². The molecule has 9 nitrogen and oxygen atoms in total. The van der Waals surface area contributed by atoms with Gasteiger partial charge in [-0.1, -0.05) is 29.8 Å². The van der Waals surface area contributed by atoms with Gasteiger partial charge in [0.2, 0.25) is 0 Å². The van der Waals surface area contributed by atoms with Gasteiger partial charge in [-0.05, 0) is 36.8 Å². The van der Waals surface area contributed by atoms with Crippen LogP contribution in [0.5, 0.6) is 17.5 Å². The molecule has 3 rings (SSSR count). The van der Waals surface area contributed by atoms with Gasteiger partial charge in [-0.15, -0.1) is 13.2 Å². The normalized spacial score (nSPS) is 11.2. The molecule has 0 radical (unpaired) electrons. The molecule has 3 N–H and O–H groups in total. The highest BCUT2D eigenvalue weighted by atomic mass is 19.4. The van der Waals surface area contributed by atoms with Gasteiger partial charge in [0.15, 0.2) is 11.5 Å². The largest absolute Gasteiger partial charge is 0.573 e. The van der Waals surface area contributed by atoms with Crippen LogP contribution in [-0.4, -0.2) is 60.3 Å². The number of hydrogen-bond acceptors (Lipinski definition) is 7. The molecule has 0 bridgehead atoms. The van der Waals surface area contributed by atoms with Gasteiger partial charge in [0.1, 0.15) is 24.7 Å². The lowest BCUT2D eigenvalue weighted by Crippen LogP contribution is -2.29. The van der Waals surface area contributed by atoms with Gasteiger partial charge < -0.3 is 30.0 Å². The zero-order chi connectivity index (χ0) is 26.1. The molecule has 0 spiro atoms. The van der Waals surface area contributed by atoms with Crippen LogP contribution in [0.25, 0.3) is 0 Å². The van der Waals surface area contributed by atoms with Crippen molar-refractivity contribution in [1.82, 2.24) is 14.9 Å². The Morgan fingerprint density at radius 1 is 1.03 bits per heavy atom. The van der Waals surface area contributed by atoms with E-state index in [-0.39, 0.29) is 43.8 Å². The molecular weight excluding hydrogens is 481 g/mol. The van der Waals surface area contributed by atoms with Gasteiger partial charge >= 0.3 is 6.36 Å². The Hall–Kier alpha value is -3.93. The average Bonchev–Trinajstić information content (AvgIpc) is 3.19. The fourth-order valence-corrected chi connectivity index (χ4v) is 3.25. The Bertz CT molecular complexity index is 1130. The summed E-state index contributed by atoms with van der Waals surface area (Å²) in [6.07, 6.45) is -4.77. The van der Waals surface area contributed by atoms with Gasteiger partial charge in [-0.3, -0.25) is 9.36 Å². The molecule has 0 aliphatic rings. The number of benzene rings is 2. The Kier molecular flexibility index (Phi) is 9.01. The van der Waals surface area contributed by atoms with E-state index in [1.165, 1.54) is 12.1 Å². The number of aliphatic hydroxyl groups is 1. The van der Waals surface area contributed by atoms with Gasteiger partial charge in [0, 0.05) is 13.6 Å². The summed E-state index contributed by atoms with van der Waals surface area (Å²) < 4.78 is 53.6. The Balaban J connectivity index is 1.71. The maximum Gasteiger partial charge on any atom is 0.573 e. The first kappa shape index (κ1) is 26.7. The van der Waals surface area contributed by atoms with Crippen molar-refractivity contribution in [3.05, 3.63) is 65.4 Å². The van der Waals surface area contributed by atoms with Crippen molar-refractivity contribution in [2.45, 2.75) is 19.8 Å². The zero-order valence-electron chi connectivity index (χ0n) is 19.8. The molecule has 0 saturated carbocycles. The van der Waals surface area contributed by atoms with Gasteiger partial charge in [0.25, 0.3) is 11.9 Å². The van der Waals surface area contributed by atoms with E-state index in [2.05, 4.69) is 20.4 Å². The minimum absolute atomic E-state index is 0.0482. The maximum absolute atomic E-state index is 12.8. The van der Waals surface area contributed by atoms with Crippen molar-refractivity contribution in [2.24, 2.45) is 0 Å². The van der Waals surface area contributed by atoms with Crippen molar-refractivity contribution in [1.29, 1.82) is 0 Å². The number of hydrogen-bond donors (Lipinski definition) is 3. The van der Waals surface area contributed by atoms with Crippen LogP contribution >= 0.6 is 0 Å².